The standard InChI is InChI=1S/C6ClF7/c7-5(12)3(10)1(8)2(9)4(11)6(5,13)14. The minimum absolute atomic E-state index is 2.70. The van der Waals surface area contributed by atoms with Gasteiger partial charge in [0.2, 0.25) is 5.83 Å². The summed E-state index contributed by atoms with van der Waals surface area (Å²) in [5.74, 6) is -16.7. The van der Waals surface area contributed by atoms with Crippen LogP contribution in [0, 0.1) is 0 Å². The van der Waals surface area contributed by atoms with Crippen molar-refractivity contribution in [1.82, 2.24) is 0 Å². The first-order valence-corrected chi connectivity index (χ1v) is 3.39. The van der Waals surface area contributed by atoms with Crippen LogP contribution < -0.4 is 0 Å². The molecule has 1 atom stereocenters. The molecule has 14 heavy (non-hydrogen) atoms. The summed E-state index contributed by atoms with van der Waals surface area (Å²) in [5.41, 5.74) is 0. The quantitative estimate of drug-likeness (QED) is 0.446. The van der Waals surface area contributed by atoms with Crippen LogP contribution in [0.25, 0.3) is 0 Å². The van der Waals surface area contributed by atoms with Gasteiger partial charge >= 0.3 is 11.1 Å². The second-order valence-electron chi connectivity index (χ2n) is 2.40. The van der Waals surface area contributed by atoms with E-state index in [4.69, 9.17) is 0 Å². The Hall–Kier alpha value is -0.720. The van der Waals surface area contributed by atoms with E-state index in [9.17, 15) is 30.7 Å². The van der Waals surface area contributed by atoms with Gasteiger partial charge in [-0.1, -0.05) is 11.6 Å². The molecule has 0 saturated carbocycles. The van der Waals surface area contributed by atoms with Gasteiger partial charge in [-0.2, -0.15) is 8.78 Å². The fourth-order valence-electron chi connectivity index (χ4n) is 0.744. The van der Waals surface area contributed by atoms with Gasteiger partial charge in [-0.15, -0.1) is 0 Å². The van der Waals surface area contributed by atoms with Gasteiger partial charge in [0.25, 0.3) is 0 Å². The molecule has 8 heteroatoms. The number of allylic oxidation sites excluding steroid dienone is 4. The van der Waals surface area contributed by atoms with Crippen LogP contribution in [0.4, 0.5) is 30.7 Å². The largest absolute Gasteiger partial charge is 0.355 e. The average molecular weight is 241 g/mol. The summed E-state index contributed by atoms with van der Waals surface area (Å²) in [5, 5.41) is -4.74. The van der Waals surface area contributed by atoms with Crippen molar-refractivity contribution < 1.29 is 30.7 Å². The lowest BCUT2D eigenvalue weighted by Gasteiger charge is -2.28. The van der Waals surface area contributed by atoms with Gasteiger partial charge < -0.3 is 0 Å². The molecule has 0 radical (unpaired) electrons. The maximum absolute atomic E-state index is 12.6. The fourth-order valence-corrected chi connectivity index (χ4v) is 0.910. The zero-order chi connectivity index (χ0) is 11.3. The molecule has 0 aromatic rings. The van der Waals surface area contributed by atoms with E-state index in [0.29, 0.717) is 0 Å². The van der Waals surface area contributed by atoms with Crippen molar-refractivity contribution in [2.45, 2.75) is 11.1 Å². The second kappa shape index (κ2) is 2.88. The van der Waals surface area contributed by atoms with E-state index in [1.165, 1.54) is 0 Å². The second-order valence-corrected chi connectivity index (χ2v) is 2.93. The molecule has 0 bridgehead atoms. The lowest BCUT2D eigenvalue weighted by molar-refractivity contribution is -0.0772. The van der Waals surface area contributed by atoms with Crippen LogP contribution in [0.1, 0.15) is 0 Å². The molecule has 0 aromatic carbocycles. The van der Waals surface area contributed by atoms with Crippen LogP contribution >= 0.6 is 11.6 Å². The number of alkyl halides is 4. The minimum Gasteiger partial charge on any atom is -0.211 e. The first-order chi connectivity index (χ1) is 6.14. The number of hydrogen-bond acceptors (Lipinski definition) is 0. The predicted molar refractivity (Wildman–Crippen MR) is 33.1 cm³/mol. The monoisotopic (exact) mass is 240 g/mol. The summed E-state index contributed by atoms with van der Waals surface area (Å²) in [6, 6.07) is 0. The summed E-state index contributed by atoms with van der Waals surface area (Å²) in [7, 11) is 0. The highest BCUT2D eigenvalue weighted by Gasteiger charge is 2.66. The third-order valence-corrected chi connectivity index (χ3v) is 1.93. The maximum Gasteiger partial charge on any atom is 0.355 e. The van der Waals surface area contributed by atoms with Gasteiger partial charge in [0.05, 0.1) is 0 Å². The van der Waals surface area contributed by atoms with Crippen LogP contribution in [0.2, 0.25) is 0 Å². The molecular formula is C6ClF7. The lowest BCUT2D eigenvalue weighted by Crippen LogP contribution is -2.43. The molecule has 0 amide bonds. The maximum atomic E-state index is 12.6. The Kier molecular flexibility index (Phi) is 2.34. The number of rotatable bonds is 0. The van der Waals surface area contributed by atoms with Crippen molar-refractivity contribution in [2.24, 2.45) is 0 Å². The molecule has 0 heterocycles. The topological polar surface area (TPSA) is 0 Å². The Morgan fingerprint density at radius 2 is 1.14 bits per heavy atom. The van der Waals surface area contributed by atoms with E-state index in [0.717, 1.165) is 0 Å². The fraction of sp³-hybridized carbons (Fsp3) is 0.333. The van der Waals surface area contributed by atoms with E-state index in [1.54, 1.807) is 0 Å². The molecule has 0 aliphatic heterocycles. The van der Waals surface area contributed by atoms with Crippen LogP contribution in [0.15, 0.2) is 23.3 Å². The Morgan fingerprint density at radius 1 is 0.786 bits per heavy atom. The number of hydrogen-bond donors (Lipinski definition) is 0. The van der Waals surface area contributed by atoms with Gasteiger partial charge in [-0.3, -0.25) is 0 Å². The highest BCUT2D eigenvalue weighted by atomic mass is 35.5. The summed E-state index contributed by atoms with van der Waals surface area (Å²) < 4.78 is 86.5. The number of halogens is 8. The Balaban J connectivity index is 3.48. The molecule has 1 aliphatic rings. The van der Waals surface area contributed by atoms with Crippen molar-refractivity contribution in [3.05, 3.63) is 23.3 Å². The Bertz CT molecular complexity index is 306. The minimum atomic E-state index is -5.28. The first-order valence-electron chi connectivity index (χ1n) is 3.01. The molecule has 0 saturated heterocycles. The van der Waals surface area contributed by atoms with Gasteiger partial charge in [-0.25, -0.2) is 22.0 Å². The smallest absolute Gasteiger partial charge is 0.211 e. The molecule has 1 rings (SSSR count). The molecule has 80 valence electrons. The molecule has 0 nitrogen and oxygen atoms in total. The molecule has 1 unspecified atom stereocenters. The van der Waals surface area contributed by atoms with Gasteiger partial charge in [0, 0.05) is 0 Å². The van der Waals surface area contributed by atoms with Crippen LogP contribution in [-0.2, 0) is 0 Å². The highest BCUT2D eigenvalue weighted by molar-refractivity contribution is 6.25. The Morgan fingerprint density at radius 3 is 1.57 bits per heavy atom. The van der Waals surface area contributed by atoms with Crippen molar-refractivity contribution in [3.8, 4) is 0 Å². The van der Waals surface area contributed by atoms with Crippen molar-refractivity contribution in [1.29, 1.82) is 0 Å². The lowest BCUT2D eigenvalue weighted by atomic mass is 10.0. The highest BCUT2D eigenvalue weighted by Crippen LogP contribution is 2.54. The SMILES string of the molecule is FC1=C(F)C(F)(F)C(F)(Cl)C(F)=C1F. The van der Waals surface area contributed by atoms with Crippen LogP contribution in [0.5, 0.6) is 0 Å². The summed E-state index contributed by atoms with van der Waals surface area (Å²) in [6.45, 7) is 0. The van der Waals surface area contributed by atoms with Crippen molar-refractivity contribution in [3.63, 3.8) is 0 Å². The van der Waals surface area contributed by atoms with Crippen molar-refractivity contribution >= 4 is 11.6 Å². The molecule has 1 aliphatic carbocycles. The molecular weight excluding hydrogens is 241 g/mol. The normalized spacial score (nSPS) is 32.6. The molecule has 0 N–H and O–H groups in total. The van der Waals surface area contributed by atoms with E-state index >= 15 is 0 Å². The van der Waals surface area contributed by atoms with Gasteiger partial charge in [0.15, 0.2) is 17.5 Å². The zero-order valence-electron chi connectivity index (χ0n) is 6.02. The van der Waals surface area contributed by atoms with Crippen LogP contribution in [-0.4, -0.2) is 11.1 Å². The zero-order valence-corrected chi connectivity index (χ0v) is 6.78. The van der Waals surface area contributed by atoms with E-state index < -0.39 is 34.4 Å². The summed E-state index contributed by atoms with van der Waals surface area (Å²) >= 11 is 4.24. The van der Waals surface area contributed by atoms with Gasteiger partial charge in [0.1, 0.15) is 0 Å². The molecule has 0 aromatic heterocycles. The van der Waals surface area contributed by atoms with Crippen LogP contribution in [0.3, 0.4) is 0 Å². The van der Waals surface area contributed by atoms with Gasteiger partial charge in [-0.05, 0) is 0 Å². The average Bonchev–Trinajstić information content (AvgIpc) is 2.10. The molecule has 0 fully saturated rings. The third-order valence-electron chi connectivity index (χ3n) is 1.52. The first kappa shape index (κ1) is 11.4. The molecule has 0 spiro atoms. The van der Waals surface area contributed by atoms with E-state index in [-0.39, 0.29) is 0 Å². The summed E-state index contributed by atoms with van der Waals surface area (Å²) in [4.78, 5) is 0. The predicted octanol–water partition coefficient (Wildman–Crippen LogP) is 3.84. The third kappa shape index (κ3) is 1.14. The van der Waals surface area contributed by atoms with Crippen molar-refractivity contribution in [2.75, 3.05) is 0 Å². The summed E-state index contributed by atoms with van der Waals surface area (Å²) in [6.07, 6.45) is 0. The van der Waals surface area contributed by atoms with E-state index in [2.05, 4.69) is 11.6 Å². The van der Waals surface area contributed by atoms with E-state index in [1.807, 2.05) is 0 Å². The Labute approximate surface area is 77.6 Å².